The van der Waals surface area contributed by atoms with E-state index in [1.165, 1.54) is 6.07 Å². The maximum Gasteiger partial charge on any atom is 0.328 e. The van der Waals surface area contributed by atoms with Crippen LogP contribution < -0.4 is 5.32 Å². The highest BCUT2D eigenvalue weighted by atomic mass is 19.2. The zero-order valence-corrected chi connectivity index (χ0v) is 15.2. The SMILES string of the molecule is COC(=O)[C@H](CCC(=O)OC(C)(C)C)NC(=O)Cc1ccc(F)c(F)c1. The summed E-state index contributed by atoms with van der Waals surface area (Å²) in [6.45, 7) is 5.14. The minimum atomic E-state index is -1.07. The molecule has 0 aliphatic rings. The molecule has 0 fully saturated rings. The Labute approximate surface area is 150 Å². The van der Waals surface area contributed by atoms with Crippen molar-refractivity contribution in [3.05, 3.63) is 35.4 Å². The molecule has 144 valence electrons. The lowest BCUT2D eigenvalue weighted by molar-refractivity contribution is -0.155. The standard InChI is InChI=1S/C18H23F2NO5/c1-18(2,3)26-16(23)8-7-14(17(24)25-4)21-15(22)10-11-5-6-12(19)13(20)9-11/h5-6,9,14H,7-8,10H2,1-4H3,(H,21,22)/t14-/m0/s1. The van der Waals surface area contributed by atoms with Crippen LogP contribution in [0.25, 0.3) is 0 Å². The average molecular weight is 371 g/mol. The largest absolute Gasteiger partial charge is 0.467 e. The third-order valence-corrected chi connectivity index (χ3v) is 3.23. The van der Waals surface area contributed by atoms with E-state index in [9.17, 15) is 23.2 Å². The van der Waals surface area contributed by atoms with Crippen molar-refractivity contribution in [2.45, 2.75) is 51.7 Å². The number of amides is 1. The summed E-state index contributed by atoms with van der Waals surface area (Å²) in [6.07, 6.45) is -0.356. The first-order valence-corrected chi connectivity index (χ1v) is 8.05. The zero-order chi connectivity index (χ0) is 19.9. The fraction of sp³-hybridized carbons (Fsp3) is 0.500. The molecule has 26 heavy (non-hydrogen) atoms. The van der Waals surface area contributed by atoms with E-state index in [0.717, 1.165) is 19.2 Å². The molecule has 0 saturated carbocycles. The molecule has 1 aromatic carbocycles. The predicted molar refractivity (Wildman–Crippen MR) is 89.1 cm³/mol. The van der Waals surface area contributed by atoms with Gasteiger partial charge in [0.2, 0.25) is 5.91 Å². The molecule has 1 amide bonds. The highest BCUT2D eigenvalue weighted by Crippen LogP contribution is 2.12. The van der Waals surface area contributed by atoms with Crippen molar-refractivity contribution < 1.29 is 32.6 Å². The van der Waals surface area contributed by atoms with E-state index in [0.29, 0.717) is 0 Å². The van der Waals surface area contributed by atoms with E-state index in [-0.39, 0.29) is 24.8 Å². The van der Waals surface area contributed by atoms with E-state index in [1.54, 1.807) is 20.8 Å². The third-order valence-electron chi connectivity index (χ3n) is 3.23. The van der Waals surface area contributed by atoms with Gasteiger partial charge < -0.3 is 14.8 Å². The van der Waals surface area contributed by atoms with Gasteiger partial charge in [-0.15, -0.1) is 0 Å². The van der Waals surface area contributed by atoms with Gasteiger partial charge in [0.15, 0.2) is 11.6 Å². The number of rotatable bonds is 7. The second-order valence-electron chi connectivity index (χ2n) is 6.69. The number of benzene rings is 1. The van der Waals surface area contributed by atoms with Gasteiger partial charge >= 0.3 is 11.9 Å². The molecule has 1 rings (SSSR count). The Hall–Kier alpha value is -2.51. The summed E-state index contributed by atoms with van der Waals surface area (Å²) in [4.78, 5) is 35.6. The summed E-state index contributed by atoms with van der Waals surface area (Å²) >= 11 is 0. The molecule has 0 unspecified atom stereocenters. The molecule has 0 aromatic heterocycles. The molecule has 0 bridgehead atoms. The summed E-state index contributed by atoms with van der Waals surface area (Å²) in [5.74, 6) is -3.90. The van der Waals surface area contributed by atoms with Gasteiger partial charge in [-0.05, 0) is 44.9 Å². The van der Waals surface area contributed by atoms with Crippen molar-refractivity contribution in [3.8, 4) is 0 Å². The quantitative estimate of drug-likeness (QED) is 0.744. The number of carbonyl (C=O) groups is 3. The van der Waals surface area contributed by atoms with Gasteiger partial charge in [-0.2, -0.15) is 0 Å². The van der Waals surface area contributed by atoms with Gasteiger partial charge in [0.1, 0.15) is 11.6 Å². The number of nitrogens with one attached hydrogen (secondary N) is 1. The van der Waals surface area contributed by atoms with Gasteiger partial charge in [-0.3, -0.25) is 9.59 Å². The fourth-order valence-corrected chi connectivity index (χ4v) is 2.13. The molecule has 0 aliphatic carbocycles. The van der Waals surface area contributed by atoms with Crippen LogP contribution in [0.3, 0.4) is 0 Å². The monoisotopic (exact) mass is 371 g/mol. The summed E-state index contributed by atoms with van der Waals surface area (Å²) in [5.41, 5.74) is -0.412. The first-order valence-electron chi connectivity index (χ1n) is 8.05. The van der Waals surface area contributed by atoms with E-state index in [1.807, 2.05) is 0 Å². The van der Waals surface area contributed by atoms with Gasteiger partial charge in [-0.1, -0.05) is 6.07 Å². The highest BCUT2D eigenvalue weighted by Gasteiger charge is 2.24. The van der Waals surface area contributed by atoms with Crippen molar-refractivity contribution in [1.29, 1.82) is 0 Å². The van der Waals surface area contributed by atoms with Crippen LogP contribution in [0.15, 0.2) is 18.2 Å². The van der Waals surface area contributed by atoms with Gasteiger partial charge in [-0.25, -0.2) is 13.6 Å². The Bertz CT molecular complexity index is 670. The van der Waals surface area contributed by atoms with Crippen LogP contribution in [0.5, 0.6) is 0 Å². The number of carbonyl (C=O) groups excluding carboxylic acids is 3. The Balaban J connectivity index is 2.65. The molecule has 0 aliphatic heterocycles. The van der Waals surface area contributed by atoms with Crippen LogP contribution in [0.2, 0.25) is 0 Å². The van der Waals surface area contributed by atoms with Crippen molar-refractivity contribution in [3.63, 3.8) is 0 Å². The Morgan fingerprint density at radius 3 is 2.35 bits per heavy atom. The number of hydrogen-bond donors (Lipinski definition) is 1. The molecule has 0 saturated heterocycles. The number of methoxy groups -OCH3 is 1. The smallest absolute Gasteiger partial charge is 0.328 e. The lowest BCUT2D eigenvalue weighted by atomic mass is 10.1. The van der Waals surface area contributed by atoms with Crippen LogP contribution in [0.4, 0.5) is 8.78 Å². The van der Waals surface area contributed by atoms with Crippen molar-refractivity contribution in [1.82, 2.24) is 5.32 Å². The lowest BCUT2D eigenvalue weighted by Gasteiger charge is -2.21. The van der Waals surface area contributed by atoms with Crippen LogP contribution in [0.1, 0.15) is 39.2 Å². The van der Waals surface area contributed by atoms with Crippen LogP contribution in [0, 0.1) is 11.6 Å². The van der Waals surface area contributed by atoms with Crippen LogP contribution >= 0.6 is 0 Å². The average Bonchev–Trinajstić information content (AvgIpc) is 2.52. The summed E-state index contributed by atoms with van der Waals surface area (Å²) < 4.78 is 35.9. The Kier molecular flexibility index (Phi) is 7.67. The van der Waals surface area contributed by atoms with Crippen molar-refractivity contribution >= 4 is 17.8 Å². The minimum Gasteiger partial charge on any atom is -0.467 e. The zero-order valence-electron chi connectivity index (χ0n) is 15.2. The van der Waals surface area contributed by atoms with Gasteiger partial charge in [0, 0.05) is 6.42 Å². The van der Waals surface area contributed by atoms with Crippen LogP contribution in [-0.2, 0) is 30.3 Å². The summed E-state index contributed by atoms with van der Waals surface area (Å²) in [7, 11) is 1.16. The summed E-state index contributed by atoms with van der Waals surface area (Å²) in [5, 5.41) is 2.43. The van der Waals surface area contributed by atoms with E-state index >= 15 is 0 Å². The molecular formula is C18H23F2NO5. The first-order chi connectivity index (χ1) is 12.0. The van der Waals surface area contributed by atoms with E-state index < -0.39 is 41.1 Å². The number of esters is 2. The fourth-order valence-electron chi connectivity index (χ4n) is 2.13. The maximum atomic E-state index is 13.2. The molecule has 0 spiro atoms. The van der Waals surface area contributed by atoms with Gasteiger partial charge in [0.25, 0.3) is 0 Å². The topological polar surface area (TPSA) is 81.7 Å². The Morgan fingerprint density at radius 1 is 1.15 bits per heavy atom. The lowest BCUT2D eigenvalue weighted by Crippen LogP contribution is -2.42. The molecule has 0 heterocycles. The second-order valence-corrected chi connectivity index (χ2v) is 6.69. The van der Waals surface area contributed by atoms with Crippen molar-refractivity contribution in [2.75, 3.05) is 7.11 Å². The molecule has 1 N–H and O–H groups in total. The van der Waals surface area contributed by atoms with Crippen molar-refractivity contribution in [2.24, 2.45) is 0 Å². The molecule has 0 radical (unpaired) electrons. The predicted octanol–water partition coefficient (Wildman–Crippen LogP) is 2.29. The molecule has 1 atom stereocenters. The third kappa shape index (κ3) is 7.58. The number of halogens is 2. The number of ether oxygens (including phenoxy) is 2. The first kappa shape index (κ1) is 21.5. The summed E-state index contributed by atoms with van der Waals surface area (Å²) in [6, 6.07) is 2.04. The van der Waals surface area contributed by atoms with E-state index in [2.05, 4.69) is 10.1 Å². The Morgan fingerprint density at radius 2 is 1.81 bits per heavy atom. The molecule has 8 heteroatoms. The minimum absolute atomic E-state index is 0.00882. The normalized spacial score (nSPS) is 12.2. The highest BCUT2D eigenvalue weighted by molar-refractivity contribution is 5.86. The second kappa shape index (κ2) is 9.26. The number of hydrogen-bond acceptors (Lipinski definition) is 5. The molecule has 1 aromatic rings. The van der Waals surface area contributed by atoms with E-state index in [4.69, 9.17) is 4.74 Å². The van der Waals surface area contributed by atoms with Crippen LogP contribution in [-0.4, -0.2) is 36.6 Å². The molecule has 6 nitrogen and oxygen atoms in total. The maximum absolute atomic E-state index is 13.2. The molecular weight excluding hydrogens is 348 g/mol. The van der Waals surface area contributed by atoms with Gasteiger partial charge in [0.05, 0.1) is 13.5 Å².